The molecule has 4 saturated carbocycles. The first kappa shape index (κ1) is 17.2. The fourth-order valence-corrected chi connectivity index (χ4v) is 8.99. The summed E-state index contributed by atoms with van der Waals surface area (Å²) in [6.07, 6.45) is 8.29. The number of hydrogen-bond donors (Lipinski definition) is 0. The molecule has 1 heterocycles. The molecular weight excluding hydrogens is 380 g/mol. The van der Waals surface area contributed by atoms with Crippen LogP contribution in [0.25, 0.3) is 0 Å². The molecule has 0 amide bonds. The summed E-state index contributed by atoms with van der Waals surface area (Å²) >= 11 is 4.08. The predicted molar refractivity (Wildman–Crippen MR) is 99.7 cm³/mol. The van der Waals surface area contributed by atoms with Gasteiger partial charge in [0.15, 0.2) is 0 Å². The summed E-state index contributed by atoms with van der Waals surface area (Å²) < 4.78 is 12.5. The number of alkyl halides is 1. The number of ether oxygens (including phenoxy) is 2. The molecule has 1 saturated heterocycles. The largest absolute Gasteiger partial charge is 0.378 e. The quantitative estimate of drug-likeness (QED) is 0.496. The Balaban J connectivity index is 1.50. The van der Waals surface area contributed by atoms with E-state index < -0.39 is 0 Å². The van der Waals surface area contributed by atoms with Gasteiger partial charge in [0, 0.05) is 35.1 Å². The lowest BCUT2D eigenvalue weighted by atomic mass is 9.45. The number of halogens is 1. The molecule has 0 aromatic carbocycles. The maximum atomic E-state index is 12.6. The van der Waals surface area contributed by atoms with E-state index in [4.69, 9.17) is 9.47 Å². The third-order valence-electron chi connectivity index (χ3n) is 9.14. The third kappa shape index (κ3) is 1.97. The van der Waals surface area contributed by atoms with Crippen molar-refractivity contribution < 1.29 is 14.3 Å². The minimum Gasteiger partial charge on any atom is -0.378 e. The van der Waals surface area contributed by atoms with Gasteiger partial charge >= 0.3 is 0 Å². The molecule has 0 bridgehead atoms. The molecule has 4 heteroatoms. The number of ketones is 1. The van der Waals surface area contributed by atoms with Crippen molar-refractivity contribution in [2.45, 2.75) is 88.4 Å². The van der Waals surface area contributed by atoms with Crippen LogP contribution in [0.3, 0.4) is 0 Å². The number of hydrogen-bond acceptors (Lipinski definition) is 3. The summed E-state index contributed by atoms with van der Waals surface area (Å²) in [6, 6.07) is 0. The van der Waals surface area contributed by atoms with Crippen LogP contribution in [-0.2, 0) is 14.3 Å². The Morgan fingerprint density at radius 2 is 2.00 bits per heavy atom. The van der Waals surface area contributed by atoms with Crippen molar-refractivity contribution in [2.75, 3.05) is 6.61 Å². The molecule has 5 fully saturated rings. The van der Waals surface area contributed by atoms with Gasteiger partial charge in [-0.05, 0) is 56.8 Å². The van der Waals surface area contributed by atoms with Crippen LogP contribution < -0.4 is 0 Å². The van der Waals surface area contributed by atoms with Gasteiger partial charge in [0.2, 0.25) is 0 Å². The zero-order valence-electron chi connectivity index (χ0n) is 15.7. The first-order valence-electron chi connectivity index (χ1n) is 10.3. The lowest BCUT2D eigenvalue weighted by Crippen LogP contribution is -2.62. The molecule has 0 aromatic heterocycles. The van der Waals surface area contributed by atoms with Crippen LogP contribution in [0.15, 0.2) is 0 Å². The van der Waals surface area contributed by atoms with Gasteiger partial charge in [-0.25, -0.2) is 0 Å². The highest BCUT2D eigenvalue weighted by Crippen LogP contribution is 2.74. The number of carbonyl (C=O) groups excluding carboxylic acids is 1. The number of rotatable bonds is 2. The Hall–Kier alpha value is 0.0700. The fourth-order valence-electron chi connectivity index (χ4n) is 7.72. The zero-order chi connectivity index (χ0) is 17.6. The SMILES string of the molecule is CCO[C@H]1CC[C@]2(C)[C@H]3CC[C@]4(C)C(=O)CC[C@H]4[C@@H]3[C@H](Br)[C@H]3OC32C1. The molecule has 5 aliphatic rings. The second-order valence-electron chi connectivity index (χ2n) is 9.82. The summed E-state index contributed by atoms with van der Waals surface area (Å²) in [5.74, 6) is 2.35. The van der Waals surface area contributed by atoms with E-state index in [9.17, 15) is 4.79 Å². The lowest BCUT2D eigenvalue weighted by Gasteiger charge is -2.59. The minimum atomic E-state index is -0.0685. The predicted octanol–water partition coefficient (Wildman–Crippen LogP) is 4.51. The average Bonchev–Trinajstić information content (AvgIpc) is 3.23. The molecular formula is C21H31BrO3. The van der Waals surface area contributed by atoms with Crippen LogP contribution in [0.2, 0.25) is 0 Å². The second-order valence-corrected chi connectivity index (χ2v) is 10.9. The molecule has 1 unspecified atom stereocenters. The van der Waals surface area contributed by atoms with Crippen molar-refractivity contribution in [1.82, 2.24) is 0 Å². The van der Waals surface area contributed by atoms with Crippen LogP contribution in [0.1, 0.15) is 65.7 Å². The van der Waals surface area contributed by atoms with Crippen molar-refractivity contribution in [2.24, 2.45) is 28.6 Å². The molecule has 140 valence electrons. The molecule has 9 atom stereocenters. The van der Waals surface area contributed by atoms with Gasteiger partial charge in [-0.15, -0.1) is 0 Å². The lowest BCUT2D eigenvalue weighted by molar-refractivity contribution is -0.138. The zero-order valence-corrected chi connectivity index (χ0v) is 17.3. The van der Waals surface area contributed by atoms with Gasteiger partial charge in [-0.3, -0.25) is 4.79 Å². The molecule has 3 nitrogen and oxygen atoms in total. The summed E-state index contributed by atoms with van der Waals surface area (Å²) in [5, 5.41) is 0. The van der Waals surface area contributed by atoms with Crippen LogP contribution in [0.5, 0.6) is 0 Å². The normalized spacial score (nSPS) is 59.6. The van der Waals surface area contributed by atoms with Gasteiger partial charge in [0.05, 0.1) is 6.10 Å². The summed E-state index contributed by atoms with van der Waals surface area (Å²) in [6.45, 7) is 7.66. The Bertz CT molecular complexity index is 608. The molecule has 0 N–H and O–H groups in total. The van der Waals surface area contributed by atoms with Gasteiger partial charge in [0.1, 0.15) is 17.5 Å². The number of epoxide rings is 1. The molecule has 4 aliphatic carbocycles. The monoisotopic (exact) mass is 410 g/mol. The first-order chi connectivity index (χ1) is 11.9. The summed E-state index contributed by atoms with van der Waals surface area (Å²) in [5.41, 5.74) is 0.213. The highest BCUT2D eigenvalue weighted by atomic mass is 79.9. The van der Waals surface area contributed by atoms with E-state index >= 15 is 0 Å². The molecule has 0 radical (unpaired) electrons. The number of fused-ring (bicyclic) bond motifs is 4. The van der Waals surface area contributed by atoms with Gasteiger partial charge < -0.3 is 9.47 Å². The standard InChI is InChI=1S/C21H31BrO3/c1-4-24-12-7-10-20(3)14-8-9-19(2)13(5-6-15(19)23)16(14)17(22)18-21(20,11-12)25-18/h12-14,16-18H,4-11H2,1-3H3/t12-,13-,14-,16-,17-,18+,19-,20+,21?/m0/s1. The van der Waals surface area contributed by atoms with Crippen molar-refractivity contribution in [3.63, 3.8) is 0 Å². The van der Waals surface area contributed by atoms with Crippen LogP contribution in [0.4, 0.5) is 0 Å². The molecule has 1 spiro atoms. The third-order valence-corrected chi connectivity index (χ3v) is 10.2. The van der Waals surface area contributed by atoms with E-state index in [-0.39, 0.29) is 16.4 Å². The molecule has 0 aromatic rings. The maximum absolute atomic E-state index is 12.6. The van der Waals surface area contributed by atoms with Gasteiger partial charge in [-0.1, -0.05) is 29.8 Å². The highest BCUT2D eigenvalue weighted by Gasteiger charge is 2.78. The van der Waals surface area contributed by atoms with Crippen molar-refractivity contribution in [3.05, 3.63) is 0 Å². The number of Topliss-reactive ketones (excluding diaryl/α,β-unsaturated/α-hetero) is 1. The molecule has 25 heavy (non-hydrogen) atoms. The maximum Gasteiger partial charge on any atom is 0.139 e. The second kappa shape index (κ2) is 5.32. The van der Waals surface area contributed by atoms with E-state index in [0.29, 0.717) is 40.6 Å². The average molecular weight is 411 g/mol. The van der Waals surface area contributed by atoms with E-state index in [2.05, 4.69) is 36.7 Å². The molecule has 5 rings (SSSR count). The van der Waals surface area contributed by atoms with E-state index in [0.717, 1.165) is 32.3 Å². The highest BCUT2D eigenvalue weighted by molar-refractivity contribution is 9.09. The number of carbonyl (C=O) groups is 1. The Morgan fingerprint density at radius 1 is 1.20 bits per heavy atom. The Kier molecular flexibility index (Phi) is 3.66. The first-order valence-corrected chi connectivity index (χ1v) is 11.3. The Morgan fingerprint density at radius 3 is 2.76 bits per heavy atom. The van der Waals surface area contributed by atoms with Crippen molar-refractivity contribution >= 4 is 21.7 Å². The molecule has 1 aliphatic heterocycles. The van der Waals surface area contributed by atoms with Crippen molar-refractivity contribution in [3.8, 4) is 0 Å². The van der Waals surface area contributed by atoms with Crippen LogP contribution in [0, 0.1) is 28.6 Å². The van der Waals surface area contributed by atoms with E-state index in [1.54, 1.807) is 0 Å². The van der Waals surface area contributed by atoms with Gasteiger partial charge in [0.25, 0.3) is 0 Å². The Labute approximate surface area is 159 Å². The van der Waals surface area contributed by atoms with Crippen molar-refractivity contribution in [1.29, 1.82) is 0 Å². The fraction of sp³-hybridized carbons (Fsp3) is 0.952. The summed E-state index contributed by atoms with van der Waals surface area (Å²) in [4.78, 5) is 13.0. The smallest absolute Gasteiger partial charge is 0.139 e. The van der Waals surface area contributed by atoms with Gasteiger partial charge in [-0.2, -0.15) is 0 Å². The summed E-state index contributed by atoms with van der Waals surface area (Å²) in [7, 11) is 0. The van der Waals surface area contributed by atoms with E-state index in [1.807, 2.05) is 0 Å². The minimum absolute atomic E-state index is 0.0246. The van der Waals surface area contributed by atoms with Crippen LogP contribution >= 0.6 is 15.9 Å². The topological polar surface area (TPSA) is 38.8 Å². The van der Waals surface area contributed by atoms with E-state index in [1.165, 1.54) is 19.3 Å². The van der Waals surface area contributed by atoms with Crippen LogP contribution in [-0.4, -0.2) is 35.0 Å².